The van der Waals surface area contributed by atoms with Crippen LogP contribution in [-0.4, -0.2) is 40.4 Å². The lowest BCUT2D eigenvalue weighted by molar-refractivity contribution is 0.0696. The molecule has 5 nitrogen and oxygen atoms in total. The molecule has 0 saturated carbocycles. The molecule has 1 aromatic heterocycles. The SMILES string of the molecule is CCN(CC)c1nc(SC)ncc1C(=O)O. The number of anilines is 1. The first kappa shape index (κ1) is 12.8. The molecule has 0 atom stereocenters. The summed E-state index contributed by atoms with van der Waals surface area (Å²) in [6.45, 7) is 5.38. The molecule has 0 fully saturated rings. The fraction of sp³-hybridized carbons (Fsp3) is 0.500. The Kier molecular flexibility index (Phi) is 4.54. The molecule has 0 aliphatic heterocycles. The van der Waals surface area contributed by atoms with Gasteiger partial charge in [0.15, 0.2) is 5.16 Å². The number of hydrogen-bond donors (Lipinski definition) is 1. The number of hydrogen-bond acceptors (Lipinski definition) is 5. The minimum absolute atomic E-state index is 0.154. The molecule has 1 aromatic rings. The molecule has 88 valence electrons. The Bertz CT molecular complexity index is 380. The van der Waals surface area contributed by atoms with Crippen molar-refractivity contribution in [2.75, 3.05) is 24.2 Å². The highest BCUT2D eigenvalue weighted by molar-refractivity contribution is 7.98. The molecular formula is C10H15N3O2S. The van der Waals surface area contributed by atoms with Crippen molar-refractivity contribution in [2.24, 2.45) is 0 Å². The van der Waals surface area contributed by atoms with Crippen LogP contribution in [0.3, 0.4) is 0 Å². The van der Waals surface area contributed by atoms with E-state index < -0.39 is 5.97 Å². The lowest BCUT2D eigenvalue weighted by Gasteiger charge is -2.21. The summed E-state index contributed by atoms with van der Waals surface area (Å²) in [5, 5.41) is 9.65. The number of aromatic carboxylic acids is 1. The average Bonchev–Trinajstić information content (AvgIpc) is 2.30. The minimum atomic E-state index is -0.991. The Labute approximate surface area is 98.9 Å². The van der Waals surface area contributed by atoms with Gasteiger partial charge in [-0.2, -0.15) is 0 Å². The second-order valence-electron chi connectivity index (χ2n) is 3.07. The van der Waals surface area contributed by atoms with E-state index in [0.29, 0.717) is 11.0 Å². The Morgan fingerprint density at radius 1 is 1.50 bits per heavy atom. The number of carboxylic acids is 1. The zero-order valence-corrected chi connectivity index (χ0v) is 10.4. The van der Waals surface area contributed by atoms with Gasteiger partial charge in [0.1, 0.15) is 11.4 Å². The lowest BCUT2D eigenvalue weighted by atomic mass is 10.3. The second kappa shape index (κ2) is 5.69. The maximum Gasteiger partial charge on any atom is 0.341 e. The maximum atomic E-state index is 11.0. The third kappa shape index (κ3) is 2.63. The first-order valence-electron chi connectivity index (χ1n) is 5.03. The topological polar surface area (TPSA) is 66.3 Å². The van der Waals surface area contributed by atoms with Crippen molar-refractivity contribution in [3.05, 3.63) is 11.8 Å². The fourth-order valence-electron chi connectivity index (χ4n) is 1.37. The van der Waals surface area contributed by atoms with E-state index in [4.69, 9.17) is 5.11 Å². The normalized spacial score (nSPS) is 10.2. The Balaban J connectivity index is 3.24. The number of rotatable bonds is 5. The van der Waals surface area contributed by atoms with E-state index in [2.05, 4.69) is 9.97 Å². The molecule has 6 heteroatoms. The molecule has 1 rings (SSSR count). The molecule has 0 bridgehead atoms. The number of nitrogens with zero attached hydrogens (tertiary/aromatic N) is 3. The van der Waals surface area contributed by atoms with Crippen LogP contribution in [0.15, 0.2) is 11.4 Å². The van der Waals surface area contributed by atoms with Crippen LogP contribution in [-0.2, 0) is 0 Å². The van der Waals surface area contributed by atoms with Crippen LogP contribution in [0.2, 0.25) is 0 Å². The fourth-order valence-corrected chi connectivity index (χ4v) is 1.71. The average molecular weight is 241 g/mol. The molecule has 1 heterocycles. The van der Waals surface area contributed by atoms with Crippen molar-refractivity contribution in [1.82, 2.24) is 9.97 Å². The number of carboxylic acid groups (broad SMARTS) is 1. The van der Waals surface area contributed by atoms with Gasteiger partial charge < -0.3 is 10.0 Å². The van der Waals surface area contributed by atoms with E-state index in [1.165, 1.54) is 18.0 Å². The van der Waals surface area contributed by atoms with Crippen LogP contribution >= 0.6 is 11.8 Å². The highest BCUT2D eigenvalue weighted by Gasteiger charge is 2.17. The standard InChI is InChI=1S/C10H15N3O2S/c1-4-13(5-2)8-7(9(14)15)6-11-10(12-8)16-3/h6H,4-5H2,1-3H3,(H,14,15). The van der Waals surface area contributed by atoms with Crippen molar-refractivity contribution < 1.29 is 9.90 Å². The quantitative estimate of drug-likeness (QED) is 0.625. The van der Waals surface area contributed by atoms with Crippen molar-refractivity contribution in [3.63, 3.8) is 0 Å². The molecule has 0 radical (unpaired) electrons. The van der Waals surface area contributed by atoms with Gasteiger partial charge in [-0.05, 0) is 20.1 Å². The van der Waals surface area contributed by atoms with Crippen LogP contribution in [0.1, 0.15) is 24.2 Å². The summed E-state index contributed by atoms with van der Waals surface area (Å²) in [5.74, 6) is -0.494. The summed E-state index contributed by atoms with van der Waals surface area (Å²) < 4.78 is 0. The van der Waals surface area contributed by atoms with Crippen LogP contribution in [0.25, 0.3) is 0 Å². The minimum Gasteiger partial charge on any atom is -0.477 e. The predicted octanol–water partition coefficient (Wildman–Crippen LogP) is 1.74. The van der Waals surface area contributed by atoms with Gasteiger partial charge >= 0.3 is 5.97 Å². The summed E-state index contributed by atoms with van der Waals surface area (Å²) >= 11 is 1.40. The molecule has 0 aliphatic carbocycles. The van der Waals surface area contributed by atoms with E-state index in [1.807, 2.05) is 25.0 Å². The molecule has 0 aromatic carbocycles. The van der Waals surface area contributed by atoms with Gasteiger partial charge in [0.2, 0.25) is 0 Å². The van der Waals surface area contributed by atoms with E-state index in [9.17, 15) is 4.79 Å². The zero-order valence-electron chi connectivity index (χ0n) is 9.60. The smallest absolute Gasteiger partial charge is 0.341 e. The molecule has 0 aliphatic rings. The van der Waals surface area contributed by atoms with Crippen molar-refractivity contribution >= 4 is 23.5 Å². The van der Waals surface area contributed by atoms with Crippen molar-refractivity contribution in [1.29, 1.82) is 0 Å². The third-order valence-electron chi connectivity index (χ3n) is 2.22. The zero-order chi connectivity index (χ0) is 12.1. The van der Waals surface area contributed by atoms with Crippen molar-refractivity contribution in [3.8, 4) is 0 Å². The third-order valence-corrected chi connectivity index (χ3v) is 2.78. The predicted molar refractivity (Wildman–Crippen MR) is 64.3 cm³/mol. The largest absolute Gasteiger partial charge is 0.477 e. The molecule has 1 N–H and O–H groups in total. The Morgan fingerprint density at radius 2 is 2.12 bits per heavy atom. The first-order chi connectivity index (χ1) is 7.63. The highest BCUT2D eigenvalue weighted by atomic mass is 32.2. The lowest BCUT2D eigenvalue weighted by Crippen LogP contribution is -2.25. The van der Waals surface area contributed by atoms with Crippen LogP contribution in [0.4, 0.5) is 5.82 Å². The number of thioether (sulfide) groups is 1. The highest BCUT2D eigenvalue weighted by Crippen LogP contribution is 2.20. The van der Waals surface area contributed by atoms with Gasteiger partial charge in [0, 0.05) is 19.3 Å². The molecular weight excluding hydrogens is 226 g/mol. The van der Waals surface area contributed by atoms with Gasteiger partial charge in [-0.25, -0.2) is 14.8 Å². The van der Waals surface area contributed by atoms with E-state index in [0.717, 1.165) is 13.1 Å². The van der Waals surface area contributed by atoms with Crippen LogP contribution in [0, 0.1) is 0 Å². The summed E-state index contributed by atoms with van der Waals surface area (Å²) in [5.41, 5.74) is 0.154. The Hall–Kier alpha value is -1.30. The van der Waals surface area contributed by atoms with Crippen LogP contribution in [0.5, 0.6) is 0 Å². The van der Waals surface area contributed by atoms with Gasteiger partial charge in [-0.15, -0.1) is 0 Å². The number of aromatic nitrogens is 2. The Morgan fingerprint density at radius 3 is 2.56 bits per heavy atom. The first-order valence-corrected chi connectivity index (χ1v) is 6.25. The van der Waals surface area contributed by atoms with Crippen molar-refractivity contribution in [2.45, 2.75) is 19.0 Å². The van der Waals surface area contributed by atoms with Gasteiger partial charge in [0.05, 0.1) is 0 Å². The summed E-state index contributed by atoms with van der Waals surface area (Å²) in [6.07, 6.45) is 3.23. The van der Waals surface area contributed by atoms with E-state index in [1.54, 1.807) is 0 Å². The molecule has 16 heavy (non-hydrogen) atoms. The van der Waals surface area contributed by atoms with E-state index >= 15 is 0 Å². The summed E-state index contributed by atoms with van der Waals surface area (Å²) in [7, 11) is 0. The summed E-state index contributed by atoms with van der Waals surface area (Å²) in [4.78, 5) is 21.2. The number of carbonyl (C=O) groups is 1. The molecule has 0 unspecified atom stereocenters. The van der Waals surface area contributed by atoms with Crippen LogP contribution < -0.4 is 4.90 Å². The summed E-state index contributed by atoms with van der Waals surface area (Å²) in [6, 6.07) is 0. The van der Waals surface area contributed by atoms with Gasteiger partial charge in [0.25, 0.3) is 0 Å². The van der Waals surface area contributed by atoms with Gasteiger partial charge in [-0.3, -0.25) is 0 Å². The second-order valence-corrected chi connectivity index (χ2v) is 3.84. The molecule has 0 amide bonds. The van der Waals surface area contributed by atoms with E-state index in [-0.39, 0.29) is 5.56 Å². The maximum absolute atomic E-state index is 11.0. The monoisotopic (exact) mass is 241 g/mol. The molecule has 0 spiro atoms. The van der Waals surface area contributed by atoms with Gasteiger partial charge in [-0.1, -0.05) is 11.8 Å². The molecule has 0 saturated heterocycles.